The Morgan fingerprint density at radius 3 is 2.26 bits per heavy atom. The standard InChI is InChI=1S/C24H26N4O2.C3H6O/c1-15-11-12-20-18(13-15)22(17-9-7-6-8-10-17)25-19(14-21(29)30-24(3,4)5)23-27-26-16(2)28(20)23;1-3(2)4/h6-13,19H,14H2,1-5H3;1-2H3/t19-;/m0./s1. The summed E-state index contributed by atoms with van der Waals surface area (Å²) < 4.78 is 7.58. The summed E-state index contributed by atoms with van der Waals surface area (Å²) >= 11 is 0. The Hall–Kier alpha value is -3.61. The third-order valence-electron chi connectivity index (χ3n) is 4.91. The van der Waals surface area contributed by atoms with E-state index in [1.807, 2.05) is 62.6 Å². The number of hydrogen-bond donors (Lipinski definition) is 0. The molecule has 0 fully saturated rings. The van der Waals surface area contributed by atoms with Crippen molar-refractivity contribution < 1.29 is 14.3 Å². The van der Waals surface area contributed by atoms with E-state index in [4.69, 9.17) is 9.73 Å². The fourth-order valence-corrected chi connectivity index (χ4v) is 3.71. The van der Waals surface area contributed by atoms with Crippen LogP contribution in [0.15, 0.2) is 53.5 Å². The highest BCUT2D eigenvalue weighted by atomic mass is 16.6. The number of fused-ring (bicyclic) bond motifs is 3. The maximum atomic E-state index is 12.7. The van der Waals surface area contributed by atoms with Crippen molar-refractivity contribution in [2.45, 2.75) is 66.5 Å². The van der Waals surface area contributed by atoms with Gasteiger partial charge in [0, 0.05) is 11.1 Å². The van der Waals surface area contributed by atoms with E-state index in [1.54, 1.807) is 0 Å². The molecule has 34 heavy (non-hydrogen) atoms. The lowest BCUT2D eigenvalue weighted by Gasteiger charge is -2.20. The third-order valence-corrected chi connectivity index (χ3v) is 4.91. The molecule has 0 saturated heterocycles. The molecule has 0 aliphatic carbocycles. The maximum absolute atomic E-state index is 12.7. The number of carbonyl (C=O) groups is 2. The lowest BCUT2D eigenvalue weighted by Crippen LogP contribution is -2.25. The lowest BCUT2D eigenvalue weighted by atomic mass is 9.98. The van der Waals surface area contributed by atoms with Crippen LogP contribution in [0, 0.1) is 13.8 Å². The summed E-state index contributed by atoms with van der Waals surface area (Å²) in [5.74, 6) is 1.26. The first-order valence-electron chi connectivity index (χ1n) is 11.3. The van der Waals surface area contributed by atoms with E-state index in [0.29, 0.717) is 5.82 Å². The van der Waals surface area contributed by atoms with Crippen LogP contribution < -0.4 is 0 Å². The zero-order valence-electron chi connectivity index (χ0n) is 20.9. The molecule has 0 saturated carbocycles. The Labute approximate surface area is 200 Å². The second kappa shape index (κ2) is 10.1. The van der Waals surface area contributed by atoms with Gasteiger partial charge in [-0.25, -0.2) is 0 Å². The molecule has 1 aliphatic heterocycles. The molecule has 0 spiro atoms. The van der Waals surface area contributed by atoms with Crippen molar-refractivity contribution >= 4 is 17.5 Å². The molecule has 0 radical (unpaired) electrons. The van der Waals surface area contributed by atoms with Gasteiger partial charge in [0.15, 0.2) is 5.82 Å². The second-order valence-electron chi connectivity index (χ2n) is 9.52. The van der Waals surface area contributed by atoms with Gasteiger partial charge >= 0.3 is 5.97 Å². The zero-order chi connectivity index (χ0) is 25.0. The van der Waals surface area contributed by atoms with Crippen LogP contribution in [0.1, 0.15) is 75.4 Å². The fourth-order valence-electron chi connectivity index (χ4n) is 3.71. The Morgan fingerprint density at radius 2 is 1.65 bits per heavy atom. The number of ketones is 1. The van der Waals surface area contributed by atoms with Gasteiger partial charge in [-0.15, -0.1) is 10.2 Å². The summed E-state index contributed by atoms with van der Waals surface area (Å²) in [5, 5.41) is 8.68. The molecule has 1 atom stereocenters. The molecule has 178 valence electrons. The van der Waals surface area contributed by atoms with Crippen LogP contribution in [0.2, 0.25) is 0 Å². The average Bonchev–Trinajstić information content (AvgIpc) is 3.05. The van der Waals surface area contributed by atoms with Gasteiger partial charge in [0.2, 0.25) is 0 Å². The summed E-state index contributed by atoms with van der Waals surface area (Å²) in [4.78, 5) is 27.2. The van der Waals surface area contributed by atoms with Gasteiger partial charge in [0.1, 0.15) is 23.3 Å². The molecule has 2 heterocycles. The summed E-state index contributed by atoms with van der Waals surface area (Å²) in [6.45, 7) is 12.6. The topological polar surface area (TPSA) is 86.4 Å². The molecule has 3 aromatic rings. The highest BCUT2D eigenvalue weighted by molar-refractivity contribution is 6.15. The van der Waals surface area contributed by atoms with Gasteiger partial charge in [0.25, 0.3) is 0 Å². The van der Waals surface area contributed by atoms with Crippen molar-refractivity contribution in [1.29, 1.82) is 0 Å². The molecular weight excluding hydrogens is 428 g/mol. The molecule has 1 aromatic heterocycles. The number of esters is 1. The molecule has 0 N–H and O–H groups in total. The Kier molecular flexibility index (Phi) is 7.44. The van der Waals surface area contributed by atoms with Gasteiger partial charge in [0.05, 0.1) is 17.8 Å². The molecule has 2 aromatic carbocycles. The number of rotatable bonds is 3. The smallest absolute Gasteiger partial charge is 0.308 e. The van der Waals surface area contributed by atoms with Crippen LogP contribution in [-0.2, 0) is 14.3 Å². The van der Waals surface area contributed by atoms with E-state index in [-0.39, 0.29) is 18.2 Å². The van der Waals surface area contributed by atoms with Crippen molar-refractivity contribution in [2.24, 2.45) is 4.99 Å². The fraction of sp³-hybridized carbons (Fsp3) is 0.370. The van der Waals surface area contributed by atoms with Crippen molar-refractivity contribution in [2.75, 3.05) is 0 Å². The molecule has 0 unspecified atom stereocenters. The van der Waals surface area contributed by atoms with E-state index >= 15 is 0 Å². The number of nitrogens with zero attached hydrogens (tertiary/aromatic N) is 4. The quantitative estimate of drug-likeness (QED) is 0.507. The molecule has 4 rings (SSSR count). The molecule has 0 bridgehead atoms. The number of ether oxygens (including phenoxy) is 1. The van der Waals surface area contributed by atoms with Crippen LogP contribution in [-0.4, -0.2) is 37.8 Å². The van der Waals surface area contributed by atoms with E-state index in [1.165, 1.54) is 13.8 Å². The Balaban J connectivity index is 0.000000751. The van der Waals surface area contributed by atoms with Gasteiger partial charge in [-0.2, -0.15) is 0 Å². The highest BCUT2D eigenvalue weighted by Crippen LogP contribution is 2.33. The lowest BCUT2D eigenvalue weighted by molar-refractivity contribution is -0.155. The van der Waals surface area contributed by atoms with Gasteiger partial charge < -0.3 is 9.53 Å². The Bertz CT molecular complexity index is 1220. The first-order chi connectivity index (χ1) is 16.0. The van der Waals surface area contributed by atoms with Gasteiger partial charge in [-0.1, -0.05) is 42.0 Å². The van der Waals surface area contributed by atoms with Crippen LogP contribution in [0.25, 0.3) is 5.69 Å². The van der Waals surface area contributed by atoms with Crippen molar-refractivity contribution in [3.63, 3.8) is 0 Å². The van der Waals surface area contributed by atoms with Gasteiger partial charge in [-0.05, 0) is 60.6 Å². The van der Waals surface area contributed by atoms with Crippen LogP contribution in [0.4, 0.5) is 0 Å². The minimum Gasteiger partial charge on any atom is -0.460 e. The van der Waals surface area contributed by atoms with Crippen molar-refractivity contribution in [1.82, 2.24) is 14.8 Å². The predicted octanol–water partition coefficient (Wildman–Crippen LogP) is 5.10. The number of Topliss-reactive ketones (excluding diaryl/α,β-unsaturated/α-hetero) is 1. The SMILES string of the molecule is CC(C)=O.Cc1ccc2c(c1)C(c1ccccc1)=N[C@@H](CC(=O)OC(C)(C)C)c1nnc(C)n1-2. The van der Waals surface area contributed by atoms with E-state index < -0.39 is 11.6 Å². The molecule has 0 amide bonds. The summed E-state index contributed by atoms with van der Waals surface area (Å²) in [7, 11) is 0. The Morgan fingerprint density at radius 1 is 1.00 bits per heavy atom. The number of hydrogen-bond acceptors (Lipinski definition) is 6. The number of aromatic nitrogens is 3. The number of benzene rings is 2. The van der Waals surface area contributed by atoms with E-state index in [2.05, 4.69) is 35.3 Å². The first-order valence-corrected chi connectivity index (χ1v) is 11.3. The van der Waals surface area contributed by atoms with Crippen molar-refractivity contribution in [3.8, 4) is 5.69 Å². The van der Waals surface area contributed by atoms with Crippen LogP contribution in [0.3, 0.4) is 0 Å². The van der Waals surface area contributed by atoms with Crippen LogP contribution in [0.5, 0.6) is 0 Å². The highest BCUT2D eigenvalue weighted by Gasteiger charge is 2.31. The third kappa shape index (κ3) is 6.04. The summed E-state index contributed by atoms with van der Waals surface area (Å²) in [6.07, 6.45) is 0.0959. The summed E-state index contributed by atoms with van der Waals surface area (Å²) in [5.41, 5.74) is 4.37. The largest absolute Gasteiger partial charge is 0.460 e. The van der Waals surface area contributed by atoms with Gasteiger partial charge in [-0.3, -0.25) is 14.4 Å². The normalized spacial score (nSPS) is 14.6. The summed E-state index contributed by atoms with van der Waals surface area (Å²) in [6, 6.07) is 15.8. The molecule has 1 aliphatic rings. The monoisotopic (exact) mass is 460 g/mol. The molecule has 7 nitrogen and oxygen atoms in total. The zero-order valence-corrected chi connectivity index (χ0v) is 20.9. The minimum absolute atomic E-state index is 0.0959. The van der Waals surface area contributed by atoms with E-state index in [0.717, 1.165) is 33.9 Å². The number of aliphatic imine (C=N–C) groups is 1. The minimum atomic E-state index is -0.558. The number of aryl methyl sites for hydroxylation is 2. The average molecular weight is 461 g/mol. The molecule has 7 heteroatoms. The van der Waals surface area contributed by atoms with E-state index in [9.17, 15) is 9.59 Å². The first kappa shape index (κ1) is 25.0. The molecular formula is C27H32N4O3. The van der Waals surface area contributed by atoms with Crippen LogP contribution >= 0.6 is 0 Å². The predicted molar refractivity (Wildman–Crippen MR) is 132 cm³/mol. The second-order valence-corrected chi connectivity index (χ2v) is 9.52. The maximum Gasteiger partial charge on any atom is 0.308 e. The van der Waals surface area contributed by atoms with Crippen molar-refractivity contribution in [3.05, 3.63) is 76.9 Å². The number of carbonyl (C=O) groups excluding carboxylic acids is 2.